The average molecular weight is 443 g/mol. The van der Waals surface area contributed by atoms with E-state index in [4.69, 9.17) is 28.4 Å². The van der Waals surface area contributed by atoms with Gasteiger partial charge in [-0.3, -0.25) is 0 Å². The van der Waals surface area contributed by atoms with Crippen molar-refractivity contribution in [3.8, 4) is 0 Å². The summed E-state index contributed by atoms with van der Waals surface area (Å²) >= 11 is 0. The maximum Gasteiger partial charge on any atom is 0.508 e. The topological polar surface area (TPSA) is 92.7 Å². The molecular formula is C23H38O8. The van der Waals surface area contributed by atoms with E-state index in [9.17, 15) is 9.90 Å². The van der Waals surface area contributed by atoms with Crippen LogP contribution in [-0.2, 0) is 28.4 Å². The van der Waals surface area contributed by atoms with Crippen LogP contribution in [0.4, 0.5) is 4.79 Å². The molecule has 2 aliphatic heterocycles. The number of aliphatic hydroxyl groups is 1. The maximum absolute atomic E-state index is 11.0. The molecule has 1 N–H and O–H groups in total. The first-order valence-corrected chi connectivity index (χ1v) is 11.9. The van der Waals surface area contributed by atoms with Gasteiger partial charge in [-0.1, -0.05) is 13.8 Å². The lowest BCUT2D eigenvalue weighted by Crippen LogP contribution is -2.39. The van der Waals surface area contributed by atoms with Gasteiger partial charge in [0, 0.05) is 0 Å². The predicted octanol–water partition coefficient (Wildman–Crippen LogP) is 3.39. The first-order valence-electron chi connectivity index (χ1n) is 11.9. The first-order chi connectivity index (χ1) is 14.9. The molecule has 0 radical (unpaired) electrons. The van der Waals surface area contributed by atoms with E-state index >= 15 is 0 Å². The quantitative estimate of drug-likeness (QED) is 0.572. The molecule has 8 nitrogen and oxygen atoms in total. The number of aliphatic hydroxyl groups excluding tert-OH is 1. The lowest BCUT2D eigenvalue weighted by atomic mass is 9.60. The molecule has 4 rings (SSSR count). The minimum absolute atomic E-state index is 0.158. The molecule has 4 aliphatic rings. The highest BCUT2D eigenvalue weighted by Gasteiger charge is 2.41. The van der Waals surface area contributed by atoms with Gasteiger partial charge < -0.3 is 33.5 Å². The van der Waals surface area contributed by atoms with Crippen molar-refractivity contribution in [1.82, 2.24) is 0 Å². The van der Waals surface area contributed by atoms with E-state index in [2.05, 4.69) is 13.8 Å². The van der Waals surface area contributed by atoms with Gasteiger partial charge in [0.1, 0.15) is 12.7 Å². The Hall–Kier alpha value is -0.930. The van der Waals surface area contributed by atoms with Crippen molar-refractivity contribution < 1.29 is 38.3 Å². The third kappa shape index (κ3) is 6.11. The first kappa shape index (κ1) is 23.2. The summed E-state index contributed by atoms with van der Waals surface area (Å²) in [5, 5.41) is 9.26. The van der Waals surface area contributed by atoms with Crippen molar-refractivity contribution >= 4 is 6.16 Å². The summed E-state index contributed by atoms with van der Waals surface area (Å²) in [6, 6.07) is 0. The SMILES string of the molecule is CC(C)(C1CCC(OCC2COC(=O)O2)CC1)C1CCC(OCC2COC(O)O2)CC1. The van der Waals surface area contributed by atoms with Crippen molar-refractivity contribution in [1.29, 1.82) is 0 Å². The van der Waals surface area contributed by atoms with E-state index in [-0.39, 0.29) is 24.4 Å². The predicted molar refractivity (Wildman–Crippen MR) is 110 cm³/mol. The Balaban J connectivity index is 1.14. The molecular weight excluding hydrogens is 404 g/mol. The van der Waals surface area contributed by atoms with Gasteiger partial charge in [0.15, 0.2) is 6.10 Å². The molecule has 31 heavy (non-hydrogen) atoms. The fraction of sp³-hybridized carbons (Fsp3) is 0.957. The fourth-order valence-electron chi connectivity index (χ4n) is 5.73. The molecule has 3 atom stereocenters. The van der Waals surface area contributed by atoms with Crippen LogP contribution in [-0.4, -0.2) is 68.6 Å². The van der Waals surface area contributed by atoms with E-state index in [0.717, 1.165) is 31.6 Å². The van der Waals surface area contributed by atoms with Crippen molar-refractivity contribution in [3.63, 3.8) is 0 Å². The standard InChI is InChI=1S/C23H38O8/c1-23(2,15-3-7-17(8-4-15)26-11-19-13-28-21(24)30-19)16-5-9-18(10-6-16)27-12-20-14-29-22(25)31-20/h15-21,24H,3-14H2,1-2H3. The molecule has 0 amide bonds. The molecule has 2 saturated carbocycles. The minimum atomic E-state index is -1.10. The highest BCUT2D eigenvalue weighted by molar-refractivity contribution is 5.61. The van der Waals surface area contributed by atoms with Crippen LogP contribution in [0.15, 0.2) is 0 Å². The molecule has 8 heteroatoms. The number of carbonyl (C=O) groups excluding carboxylic acids is 1. The zero-order valence-electron chi connectivity index (χ0n) is 18.8. The lowest BCUT2D eigenvalue weighted by Gasteiger charge is -2.46. The van der Waals surface area contributed by atoms with Crippen molar-refractivity contribution in [2.24, 2.45) is 17.3 Å². The van der Waals surface area contributed by atoms with Crippen molar-refractivity contribution in [2.45, 2.75) is 96.1 Å². The van der Waals surface area contributed by atoms with E-state index in [1.807, 2.05) is 0 Å². The minimum Gasteiger partial charge on any atom is -0.430 e. The summed E-state index contributed by atoms with van der Waals surface area (Å²) in [5.74, 6) is 1.44. The van der Waals surface area contributed by atoms with Crippen molar-refractivity contribution in [3.05, 3.63) is 0 Å². The number of rotatable bonds is 8. The Morgan fingerprint density at radius 1 is 0.871 bits per heavy atom. The van der Waals surface area contributed by atoms with Gasteiger partial charge in [0.2, 0.25) is 0 Å². The van der Waals surface area contributed by atoms with Gasteiger partial charge in [-0.2, -0.15) is 0 Å². The van der Waals surface area contributed by atoms with Gasteiger partial charge in [0.05, 0.1) is 32.0 Å². The Morgan fingerprint density at radius 2 is 1.42 bits per heavy atom. The van der Waals surface area contributed by atoms with Gasteiger partial charge in [-0.05, 0) is 68.6 Å². The van der Waals surface area contributed by atoms with E-state index in [0.29, 0.717) is 37.8 Å². The summed E-state index contributed by atoms with van der Waals surface area (Å²) in [4.78, 5) is 11.0. The number of carbonyl (C=O) groups is 1. The highest BCUT2D eigenvalue weighted by atomic mass is 16.8. The third-order valence-electron chi connectivity index (χ3n) is 7.87. The van der Waals surface area contributed by atoms with Gasteiger partial charge in [-0.25, -0.2) is 4.79 Å². The summed E-state index contributed by atoms with van der Waals surface area (Å²) in [7, 11) is 0. The second-order valence-corrected chi connectivity index (χ2v) is 10.1. The van der Waals surface area contributed by atoms with Crippen LogP contribution in [0.5, 0.6) is 0 Å². The van der Waals surface area contributed by atoms with Gasteiger partial charge in [0.25, 0.3) is 6.48 Å². The Morgan fingerprint density at radius 3 is 1.87 bits per heavy atom. The molecule has 3 unspecified atom stereocenters. The number of ether oxygens (including phenoxy) is 6. The fourth-order valence-corrected chi connectivity index (χ4v) is 5.73. The molecule has 0 aromatic carbocycles. The number of hydrogen-bond donors (Lipinski definition) is 1. The second-order valence-electron chi connectivity index (χ2n) is 10.1. The van der Waals surface area contributed by atoms with Crippen molar-refractivity contribution in [2.75, 3.05) is 26.4 Å². The lowest BCUT2D eigenvalue weighted by molar-refractivity contribution is -0.209. The highest BCUT2D eigenvalue weighted by Crippen LogP contribution is 2.48. The maximum atomic E-state index is 11.0. The molecule has 2 aliphatic carbocycles. The van der Waals surface area contributed by atoms with E-state index in [1.54, 1.807) is 0 Å². The molecule has 2 saturated heterocycles. The molecule has 0 aromatic rings. The van der Waals surface area contributed by atoms with E-state index < -0.39 is 12.6 Å². The van der Waals surface area contributed by atoms with Crippen LogP contribution in [0, 0.1) is 17.3 Å². The summed E-state index contributed by atoms with van der Waals surface area (Å²) in [5.41, 5.74) is 0.317. The van der Waals surface area contributed by atoms with E-state index in [1.165, 1.54) is 25.7 Å². The summed E-state index contributed by atoms with van der Waals surface area (Å²) < 4.78 is 32.1. The largest absolute Gasteiger partial charge is 0.508 e. The summed E-state index contributed by atoms with van der Waals surface area (Å²) in [6.45, 7) is 5.43. The summed E-state index contributed by atoms with van der Waals surface area (Å²) in [6.07, 6.45) is 8.65. The normalized spacial score (nSPS) is 39.3. The molecule has 178 valence electrons. The molecule has 0 bridgehead atoms. The van der Waals surface area contributed by atoms with Crippen LogP contribution in [0.25, 0.3) is 0 Å². The smallest absolute Gasteiger partial charge is 0.430 e. The van der Waals surface area contributed by atoms with Gasteiger partial charge >= 0.3 is 6.16 Å². The molecule has 0 aromatic heterocycles. The van der Waals surface area contributed by atoms with Crippen LogP contribution in [0.3, 0.4) is 0 Å². The Kier molecular flexibility index (Phi) is 7.75. The van der Waals surface area contributed by atoms with Gasteiger partial charge in [-0.15, -0.1) is 0 Å². The molecule has 4 fully saturated rings. The zero-order valence-corrected chi connectivity index (χ0v) is 18.8. The molecule has 0 spiro atoms. The van der Waals surface area contributed by atoms with Crippen LogP contribution in [0.1, 0.15) is 65.2 Å². The average Bonchev–Trinajstić information content (AvgIpc) is 3.39. The van der Waals surface area contributed by atoms with Crippen LogP contribution in [0.2, 0.25) is 0 Å². The number of hydrogen-bond acceptors (Lipinski definition) is 8. The molecule has 2 heterocycles. The third-order valence-corrected chi connectivity index (χ3v) is 7.87. The Bertz CT molecular complexity index is 580. The zero-order chi connectivity index (χ0) is 21.8. The van der Waals surface area contributed by atoms with Crippen LogP contribution >= 0.6 is 0 Å². The number of cyclic esters (lactones) is 2. The monoisotopic (exact) mass is 442 g/mol. The second kappa shape index (κ2) is 10.3. The van der Waals surface area contributed by atoms with Crippen LogP contribution < -0.4 is 0 Å². The Labute approximate surface area is 184 Å².